The van der Waals surface area contributed by atoms with E-state index in [0.717, 1.165) is 0 Å². The van der Waals surface area contributed by atoms with E-state index in [9.17, 15) is 14.0 Å². The molecular formula is C8H13FO3. The van der Waals surface area contributed by atoms with Crippen LogP contribution in [0.15, 0.2) is 0 Å². The first-order chi connectivity index (χ1) is 5.63. The monoisotopic (exact) mass is 176 g/mol. The summed E-state index contributed by atoms with van der Waals surface area (Å²) in [5.74, 6) is -2.14. The summed E-state index contributed by atoms with van der Waals surface area (Å²) in [6.07, 6.45) is -1.08. The van der Waals surface area contributed by atoms with Gasteiger partial charge in [-0.25, -0.2) is 9.18 Å². The molecule has 0 aliphatic rings. The van der Waals surface area contributed by atoms with Crippen LogP contribution < -0.4 is 0 Å². The molecule has 3 nitrogen and oxygen atoms in total. The van der Waals surface area contributed by atoms with Crippen molar-refractivity contribution in [3.05, 3.63) is 0 Å². The van der Waals surface area contributed by atoms with Gasteiger partial charge >= 0.3 is 5.97 Å². The van der Waals surface area contributed by atoms with E-state index in [1.54, 1.807) is 13.8 Å². The third-order valence-corrected chi connectivity index (χ3v) is 1.30. The first-order valence-corrected chi connectivity index (χ1v) is 3.98. The molecule has 0 aromatic rings. The van der Waals surface area contributed by atoms with Crippen LogP contribution in [0, 0.1) is 0 Å². The lowest BCUT2D eigenvalue weighted by Crippen LogP contribution is -2.26. The van der Waals surface area contributed by atoms with Gasteiger partial charge in [-0.2, -0.15) is 0 Å². The molecule has 0 aromatic carbocycles. The fraction of sp³-hybridized carbons (Fsp3) is 0.750. The first-order valence-electron chi connectivity index (χ1n) is 3.98. The topological polar surface area (TPSA) is 43.4 Å². The Bertz CT molecular complexity index is 168. The Balaban J connectivity index is 3.91. The molecule has 0 rings (SSSR count). The van der Waals surface area contributed by atoms with Crippen LogP contribution in [0.5, 0.6) is 0 Å². The Kier molecular flexibility index (Phi) is 5.25. The highest BCUT2D eigenvalue weighted by atomic mass is 19.1. The summed E-state index contributed by atoms with van der Waals surface area (Å²) in [6.45, 7) is 3.41. The second-order valence-electron chi connectivity index (χ2n) is 2.34. The zero-order valence-corrected chi connectivity index (χ0v) is 7.30. The number of hydrogen-bond donors (Lipinski definition) is 0. The highest BCUT2D eigenvalue weighted by molar-refractivity contribution is 6.35. The highest BCUT2D eigenvalue weighted by Crippen LogP contribution is 2.03. The minimum atomic E-state index is -1.70. The smallest absolute Gasteiger partial charge is 0.377 e. The summed E-state index contributed by atoms with van der Waals surface area (Å²) >= 11 is 0. The summed E-state index contributed by atoms with van der Waals surface area (Å²) in [5, 5.41) is 0. The van der Waals surface area contributed by atoms with E-state index in [2.05, 4.69) is 4.74 Å². The Morgan fingerprint density at radius 2 is 2.00 bits per heavy atom. The molecule has 0 aliphatic heterocycles. The molecule has 12 heavy (non-hydrogen) atoms. The van der Waals surface area contributed by atoms with Gasteiger partial charge in [-0.15, -0.1) is 0 Å². The van der Waals surface area contributed by atoms with Crippen LogP contribution in [0.3, 0.4) is 0 Å². The van der Waals surface area contributed by atoms with Gasteiger partial charge in [0.15, 0.2) is 6.17 Å². The van der Waals surface area contributed by atoms with Gasteiger partial charge in [0, 0.05) is 0 Å². The lowest BCUT2D eigenvalue weighted by atomic mass is 10.1. The molecule has 0 N–H and O–H groups in total. The van der Waals surface area contributed by atoms with E-state index in [0.29, 0.717) is 6.42 Å². The third-order valence-electron chi connectivity index (χ3n) is 1.30. The summed E-state index contributed by atoms with van der Waals surface area (Å²) in [5.41, 5.74) is 0. The van der Waals surface area contributed by atoms with Gasteiger partial charge in [0.2, 0.25) is 0 Å². The van der Waals surface area contributed by atoms with Crippen molar-refractivity contribution >= 4 is 11.8 Å². The van der Waals surface area contributed by atoms with Crippen LogP contribution >= 0.6 is 0 Å². The second-order valence-corrected chi connectivity index (χ2v) is 2.34. The Labute approximate surface area is 70.9 Å². The van der Waals surface area contributed by atoms with Crippen molar-refractivity contribution in [2.75, 3.05) is 6.61 Å². The molecule has 0 spiro atoms. The van der Waals surface area contributed by atoms with Crippen LogP contribution in [-0.4, -0.2) is 24.5 Å². The van der Waals surface area contributed by atoms with Crippen LogP contribution in [-0.2, 0) is 14.3 Å². The molecule has 0 aromatic heterocycles. The van der Waals surface area contributed by atoms with E-state index >= 15 is 0 Å². The van der Waals surface area contributed by atoms with E-state index in [-0.39, 0.29) is 13.0 Å². The number of hydrogen-bond acceptors (Lipinski definition) is 3. The number of carbonyl (C=O) groups is 2. The SMILES string of the molecule is CCCC(F)C(=O)C(=O)OCC. The molecule has 0 amide bonds. The molecule has 0 bridgehead atoms. The molecule has 0 saturated heterocycles. The summed E-state index contributed by atoms with van der Waals surface area (Å²) in [7, 11) is 0. The number of ketones is 1. The van der Waals surface area contributed by atoms with Crippen molar-refractivity contribution in [3.8, 4) is 0 Å². The zero-order chi connectivity index (χ0) is 9.56. The van der Waals surface area contributed by atoms with Gasteiger partial charge in [0.1, 0.15) is 0 Å². The van der Waals surface area contributed by atoms with Crippen LogP contribution in [0.25, 0.3) is 0 Å². The minimum Gasteiger partial charge on any atom is -0.460 e. The molecule has 0 aliphatic carbocycles. The summed E-state index contributed by atoms with van der Waals surface area (Å²) in [4.78, 5) is 21.4. The van der Waals surface area contributed by atoms with E-state index in [1.165, 1.54) is 0 Å². The van der Waals surface area contributed by atoms with Crippen molar-refractivity contribution < 1.29 is 18.7 Å². The average Bonchev–Trinajstić information content (AvgIpc) is 2.04. The number of esters is 1. The molecule has 0 fully saturated rings. The van der Waals surface area contributed by atoms with Crippen LogP contribution in [0.2, 0.25) is 0 Å². The maximum absolute atomic E-state index is 12.7. The second kappa shape index (κ2) is 5.69. The van der Waals surface area contributed by atoms with E-state index < -0.39 is 17.9 Å². The molecule has 0 saturated carbocycles. The Morgan fingerprint density at radius 1 is 1.42 bits per heavy atom. The van der Waals surface area contributed by atoms with Gasteiger partial charge in [-0.3, -0.25) is 4.79 Å². The van der Waals surface area contributed by atoms with Crippen molar-refractivity contribution in [3.63, 3.8) is 0 Å². The summed E-state index contributed by atoms with van der Waals surface area (Å²) < 4.78 is 17.1. The lowest BCUT2D eigenvalue weighted by Gasteiger charge is -2.03. The first kappa shape index (κ1) is 11.1. The number of carbonyl (C=O) groups excluding carboxylic acids is 2. The Hall–Kier alpha value is -0.930. The molecular weight excluding hydrogens is 163 g/mol. The Morgan fingerprint density at radius 3 is 2.42 bits per heavy atom. The maximum atomic E-state index is 12.7. The predicted molar refractivity (Wildman–Crippen MR) is 41.4 cm³/mol. The fourth-order valence-corrected chi connectivity index (χ4v) is 0.715. The fourth-order valence-electron chi connectivity index (χ4n) is 0.715. The van der Waals surface area contributed by atoms with Gasteiger partial charge in [0.05, 0.1) is 6.61 Å². The van der Waals surface area contributed by atoms with Crippen molar-refractivity contribution in [2.45, 2.75) is 32.9 Å². The van der Waals surface area contributed by atoms with Gasteiger partial charge in [0.25, 0.3) is 5.78 Å². The zero-order valence-electron chi connectivity index (χ0n) is 7.30. The van der Waals surface area contributed by atoms with Crippen molar-refractivity contribution in [1.82, 2.24) is 0 Å². The number of alkyl halides is 1. The van der Waals surface area contributed by atoms with E-state index in [4.69, 9.17) is 0 Å². The summed E-state index contributed by atoms with van der Waals surface area (Å²) in [6, 6.07) is 0. The lowest BCUT2D eigenvalue weighted by molar-refractivity contribution is -0.155. The van der Waals surface area contributed by atoms with Gasteiger partial charge in [-0.1, -0.05) is 13.3 Å². The molecule has 0 radical (unpaired) electrons. The molecule has 70 valence electrons. The standard InChI is InChI=1S/C8H13FO3/c1-3-5-6(9)7(10)8(11)12-4-2/h6H,3-5H2,1-2H3. The minimum absolute atomic E-state index is 0.0810. The largest absolute Gasteiger partial charge is 0.460 e. The normalized spacial score (nSPS) is 12.2. The molecule has 0 heterocycles. The highest BCUT2D eigenvalue weighted by Gasteiger charge is 2.24. The molecule has 1 atom stereocenters. The average molecular weight is 176 g/mol. The number of halogens is 1. The molecule has 4 heteroatoms. The van der Waals surface area contributed by atoms with Crippen LogP contribution in [0.1, 0.15) is 26.7 Å². The number of rotatable bonds is 5. The molecule has 1 unspecified atom stereocenters. The maximum Gasteiger partial charge on any atom is 0.377 e. The van der Waals surface area contributed by atoms with Crippen LogP contribution in [0.4, 0.5) is 4.39 Å². The van der Waals surface area contributed by atoms with Crippen molar-refractivity contribution in [1.29, 1.82) is 0 Å². The van der Waals surface area contributed by atoms with Crippen molar-refractivity contribution in [2.24, 2.45) is 0 Å². The van der Waals surface area contributed by atoms with Gasteiger partial charge < -0.3 is 4.74 Å². The quantitative estimate of drug-likeness (QED) is 0.467. The number of Topliss-reactive ketones (excluding diaryl/α,β-unsaturated/α-hetero) is 1. The predicted octanol–water partition coefficient (Wildman–Crippen LogP) is 1.26. The third kappa shape index (κ3) is 3.46. The number of ether oxygens (including phenoxy) is 1. The van der Waals surface area contributed by atoms with E-state index in [1.807, 2.05) is 0 Å². The van der Waals surface area contributed by atoms with Gasteiger partial charge in [-0.05, 0) is 13.3 Å².